The molecule has 0 radical (unpaired) electrons. The second-order valence-electron chi connectivity index (χ2n) is 13.0. The van der Waals surface area contributed by atoms with Gasteiger partial charge in [-0.2, -0.15) is 0 Å². The first kappa shape index (κ1) is 69.6. The quantitative estimate of drug-likeness (QED) is 0.156. The highest BCUT2D eigenvalue weighted by atomic mass is 16.3. The molecule has 360 valence electrons. The van der Waals surface area contributed by atoms with Crippen molar-refractivity contribution in [3.05, 3.63) is 128 Å². The molecule has 0 aliphatic carbocycles. The Morgan fingerprint density at radius 2 is 0.952 bits per heavy atom. The van der Waals surface area contributed by atoms with Crippen molar-refractivity contribution in [2.24, 2.45) is 0 Å². The third-order valence-corrected chi connectivity index (χ3v) is 6.55. The third kappa shape index (κ3) is 42.0. The van der Waals surface area contributed by atoms with Gasteiger partial charge in [-0.1, -0.05) is 166 Å². The second kappa shape index (κ2) is 53.0. The molecule has 6 heterocycles. The molecule has 0 fully saturated rings. The first-order valence-corrected chi connectivity index (χ1v) is 23.3. The maximum absolute atomic E-state index is 4.98. The van der Waals surface area contributed by atoms with Crippen LogP contribution in [0, 0.1) is 0 Å². The minimum absolute atomic E-state index is 0.407. The van der Waals surface area contributed by atoms with E-state index in [4.69, 9.17) is 13.3 Å². The van der Waals surface area contributed by atoms with E-state index in [9.17, 15) is 0 Å². The summed E-state index contributed by atoms with van der Waals surface area (Å²) in [6.45, 7) is 49.0. The van der Waals surface area contributed by atoms with Gasteiger partial charge in [-0.25, -0.2) is 44.9 Å². The maximum Gasteiger partial charge on any atom is 0.196 e. The summed E-state index contributed by atoms with van der Waals surface area (Å²) in [5, 5.41) is 0. The van der Waals surface area contributed by atoms with Crippen LogP contribution in [0.15, 0.2) is 107 Å². The Morgan fingerprint density at radius 1 is 0.413 bits per heavy atom. The summed E-state index contributed by atoms with van der Waals surface area (Å²) in [5.74, 6) is 5.49. The fourth-order valence-electron chi connectivity index (χ4n) is 3.40. The van der Waals surface area contributed by atoms with Crippen LogP contribution in [0.3, 0.4) is 0 Å². The van der Waals surface area contributed by atoms with Crippen molar-refractivity contribution in [1.82, 2.24) is 44.9 Å². The molecule has 0 unspecified atom stereocenters. The highest BCUT2D eigenvalue weighted by molar-refractivity contribution is 5.07. The van der Waals surface area contributed by atoms with E-state index >= 15 is 0 Å². The zero-order chi connectivity index (χ0) is 50.0. The van der Waals surface area contributed by atoms with Gasteiger partial charge >= 0.3 is 0 Å². The minimum atomic E-state index is 0.407. The monoisotopic (exact) mass is 880 g/mol. The van der Waals surface area contributed by atoms with Crippen molar-refractivity contribution < 1.29 is 13.3 Å². The molecule has 0 aromatic carbocycles. The molecule has 0 saturated heterocycles. The minimum Gasteiger partial charge on any atom is -0.451 e. The molecular formula is C51H93N9O3. The van der Waals surface area contributed by atoms with Crippen LogP contribution >= 0.6 is 0 Å². The van der Waals surface area contributed by atoms with E-state index in [0.29, 0.717) is 35.5 Å². The smallest absolute Gasteiger partial charge is 0.196 e. The average molecular weight is 880 g/mol. The zero-order valence-corrected chi connectivity index (χ0v) is 44.4. The van der Waals surface area contributed by atoms with Gasteiger partial charge in [0.25, 0.3) is 0 Å². The number of aromatic nitrogens is 9. The summed E-state index contributed by atoms with van der Waals surface area (Å²) < 4.78 is 14.7. The van der Waals surface area contributed by atoms with E-state index in [1.54, 1.807) is 56.2 Å². The zero-order valence-electron chi connectivity index (χ0n) is 44.4. The van der Waals surface area contributed by atoms with Crippen LogP contribution in [-0.2, 0) is 0 Å². The summed E-state index contributed by atoms with van der Waals surface area (Å²) in [7, 11) is 0. The first-order valence-electron chi connectivity index (χ1n) is 23.3. The Balaban J connectivity index is -0.000000147. The molecule has 0 aliphatic rings. The maximum atomic E-state index is 4.98. The number of rotatable bonds is 6. The SMILES string of the molecule is CC.CC.CC.CC.CC.CC.CC(C)c1ccncn1.CC(C)c1cncnc1.CC(C)c1cnco1.CC(C)c1cocn1.CC(C)c1ncccn1.CC(C)c1ncco1. The Morgan fingerprint density at radius 3 is 1.19 bits per heavy atom. The Bertz CT molecular complexity index is 1390. The molecule has 12 nitrogen and oxygen atoms in total. The van der Waals surface area contributed by atoms with Gasteiger partial charge in [-0.15, -0.1) is 0 Å². The summed E-state index contributed by atoms with van der Waals surface area (Å²) in [4.78, 5) is 35.5. The molecule has 0 amide bonds. The van der Waals surface area contributed by atoms with Crippen molar-refractivity contribution in [2.75, 3.05) is 0 Å². The van der Waals surface area contributed by atoms with Crippen molar-refractivity contribution in [2.45, 2.75) is 202 Å². The largest absolute Gasteiger partial charge is 0.451 e. The number of hydrogen-bond donors (Lipinski definition) is 0. The summed E-state index contributed by atoms with van der Waals surface area (Å²) >= 11 is 0. The van der Waals surface area contributed by atoms with Crippen LogP contribution in [0.4, 0.5) is 0 Å². The Kier molecular flexibility index (Phi) is 58.5. The van der Waals surface area contributed by atoms with Crippen molar-refractivity contribution in [1.29, 1.82) is 0 Å². The predicted molar refractivity (Wildman–Crippen MR) is 268 cm³/mol. The van der Waals surface area contributed by atoms with Crippen LogP contribution in [0.5, 0.6) is 0 Å². The lowest BCUT2D eigenvalue weighted by molar-refractivity contribution is 0.471. The van der Waals surface area contributed by atoms with Gasteiger partial charge in [0.15, 0.2) is 18.7 Å². The van der Waals surface area contributed by atoms with Gasteiger partial charge in [-0.3, -0.25) is 0 Å². The topological polar surface area (TPSA) is 155 Å². The number of nitrogens with zero attached hydrogens (tertiary/aromatic N) is 9. The Labute approximate surface area is 386 Å². The number of hydrogen-bond acceptors (Lipinski definition) is 12. The highest BCUT2D eigenvalue weighted by Gasteiger charge is 2.01. The van der Waals surface area contributed by atoms with E-state index in [-0.39, 0.29) is 0 Å². The molecule has 12 heteroatoms. The Hall–Kier alpha value is -5.13. The van der Waals surface area contributed by atoms with Gasteiger partial charge < -0.3 is 13.3 Å². The van der Waals surface area contributed by atoms with Gasteiger partial charge in [0.1, 0.15) is 36.8 Å². The van der Waals surface area contributed by atoms with Gasteiger partial charge in [0.05, 0.1) is 18.1 Å². The molecule has 0 aliphatic heterocycles. The lowest BCUT2D eigenvalue weighted by atomic mass is 10.1. The molecule has 0 bridgehead atoms. The van der Waals surface area contributed by atoms with Crippen LogP contribution < -0.4 is 0 Å². The summed E-state index contributed by atoms with van der Waals surface area (Å²) in [5.41, 5.74) is 3.31. The van der Waals surface area contributed by atoms with Gasteiger partial charge in [0, 0.05) is 54.4 Å². The van der Waals surface area contributed by atoms with E-state index in [2.05, 4.69) is 114 Å². The van der Waals surface area contributed by atoms with Crippen molar-refractivity contribution >= 4 is 0 Å². The molecule has 0 saturated carbocycles. The van der Waals surface area contributed by atoms with E-state index in [1.165, 1.54) is 18.4 Å². The summed E-state index contributed by atoms with van der Waals surface area (Å²) in [6, 6.07) is 3.76. The van der Waals surface area contributed by atoms with Crippen LogP contribution in [0.25, 0.3) is 0 Å². The van der Waals surface area contributed by atoms with Gasteiger partial charge in [-0.05, 0) is 35.4 Å². The van der Waals surface area contributed by atoms with E-state index < -0.39 is 0 Å². The molecular weight excluding hydrogens is 787 g/mol. The van der Waals surface area contributed by atoms with Gasteiger partial charge in [0.2, 0.25) is 0 Å². The second-order valence-corrected chi connectivity index (χ2v) is 13.0. The predicted octanol–water partition coefficient (Wildman–Crippen LogP) is 16.4. The fraction of sp³-hybridized carbons (Fsp3) is 0.588. The third-order valence-electron chi connectivity index (χ3n) is 6.55. The molecule has 0 N–H and O–H groups in total. The number of oxazole rings is 3. The summed E-state index contributed by atoms with van der Waals surface area (Å²) in [6.07, 6.45) is 21.7. The van der Waals surface area contributed by atoms with Crippen molar-refractivity contribution in [3.8, 4) is 0 Å². The molecule has 6 aromatic rings. The fourth-order valence-corrected chi connectivity index (χ4v) is 3.40. The standard InChI is InChI=1S/3C7H10N2.3C6H9NO.6C2H6/c1-6(2)7-3-8-5-9-4-7;1-6(2)7-3-4-8-5-9-7;1-6(2)7-8-4-3-5-9-7;1-5(2)6-3-8-4-7-6;1-5(2)6-3-7-4-8-6;1-5(2)6-7-3-4-8-6;6*1-2/h3*3-6H,1-2H3;3*3-5H,1-2H3;6*1-2H3. The molecule has 0 spiro atoms. The molecule has 6 rings (SSSR count). The first-order chi connectivity index (χ1) is 30.3. The lowest BCUT2D eigenvalue weighted by Gasteiger charge is -1.99. The van der Waals surface area contributed by atoms with Crippen molar-refractivity contribution in [3.63, 3.8) is 0 Å². The van der Waals surface area contributed by atoms with Crippen LogP contribution in [0.1, 0.15) is 236 Å². The highest BCUT2D eigenvalue weighted by Crippen LogP contribution is 2.12. The normalized spacial score (nSPS) is 8.86. The molecule has 63 heavy (non-hydrogen) atoms. The molecule has 0 atom stereocenters. The van der Waals surface area contributed by atoms with E-state index in [1.807, 2.05) is 121 Å². The van der Waals surface area contributed by atoms with Crippen LogP contribution in [0.2, 0.25) is 0 Å². The molecule has 6 aromatic heterocycles. The average Bonchev–Trinajstić information content (AvgIpc) is 4.19. The lowest BCUT2D eigenvalue weighted by Crippen LogP contribution is -1.93. The van der Waals surface area contributed by atoms with E-state index in [0.717, 1.165) is 28.9 Å². The van der Waals surface area contributed by atoms with Crippen LogP contribution in [-0.4, -0.2) is 44.9 Å².